The molecule has 7 nitrogen and oxygen atoms in total. The van der Waals surface area contributed by atoms with Crippen LogP contribution in [-0.2, 0) is 9.59 Å². The van der Waals surface area contributed by atoms with E-state index in [1.165, 1.54) is 0 Å². The predicted octanol–water partition coefficient (Wildman–Crippen LogP) is 5.61. The Bertz CT molecular complexity index is 1290. The highest BCUT2D eigenvalue weighted by molar-refractivity contribution is 6.06. The number of anilines is 2. The van der Waals surface area contributed by atoms with E-state index in [0.29, 0.717) is 36.3 Å². The lowest BCUT2D eigenvalue weighted by Crippen LogP contribution is -2.38. The Morgan fingerprint density at radius 2 is 1.86 bits per heavy atom. The maximum absolute atomic E-state index is 13.8. The van der Waals surface area contributed by atoms with Gasteiger partial charge in [-0.25, -0.2) is 0 Å². The van der Waals surface area contributed by atoms with Gasteiger partial charge in [-0.3, -0.25) is 14.5 Å². The first kappa shape index (κ1) is 22.8. The van der Waals surface area contributed by atoms with Crippen molar-refractivity contribution in [3.8, 4) is 11.5 Å². The monoisotopic (exact) mass is 472 g/mol. The maximum Gasteiger partial charge on any atom is 0.227 e. The normalized spacial score (nSPS) is 19.4. The van der Waals surface area contributed by atoms with E-state index in [1.54, 1.807) is 25.4 Å². The number of fused-ring (bicyclic) bond motifs is 1. The summed E-state index contributed by atoms with van der Waals surface area (Å²) in [4.78, 5) is 29.0. The van der Waals surface area contributed by atoms with Gasteiger partial charge in [-0.2, -0.15) is 0 Å². The largest absolute Gasteiger partial charge is 0.493 e. The first-order valence-electron chi connectivity index (χ1n) is 11.7. The summed E-state index contributed by atoms with van der Waals surface area (Å²) in [6, 6.07) is 16.4. The second-order valence-electron chi connectivity index (χ2n) is 8.71. The standard InChI is InChI=1S/C28H28N2O5/c1-4-26(32)30-21-9-6-5-8-19(21)29-20-14-18(23-10-7-13-35-23)15-22(31)27(20)28(30)17-11-12-24(33-2)25(16-17)34-3/h5-13,16,18,28-29H,4,14-15H2,1-3H3/t18-,28-/m0/s1. The van der Waals surface area contributed by atoms with Crippen molar-refractivity contribution in [2.45, 2.75) is 38.1 Å². The summed E-state index contributed by atoms with van der Waals surface area (Å²) < 4.78 is 16.6. The lowest BCUT2D eigenvalue weighted by molar-refractivity contribution is -0.119. The molecule has 1 aliphatic carbocycles. The van der Waals surface area contributed by atoms with Crippen LogP contribution in [0.2, 0.25) is 0 Å². The van der Waals surface area contributed by atoms with Crippen LogP contribution in [0.25, 0.3) is 0 Å². The number of Topliss-reactive ketones (excluding diaryl/α,β-unsaturated/α-hetero) is 1. The van der Waals surface area contributed by atoms with Gasteiger partial charge in [0.1, 0.15) is 5.76 Å². The molecule has 0 saturated heterocycles. The van der Waals surface area contributed by atoms with Gasteiger partial charge < -0.3 is 19.2 Å². The zero-order chi connectivity index (χ0) is 24.5. The summed E-state index contributed by atoms with van der Waals surface area (Å²) in [6.07, 6.45) is 2.83. The number of methoxy groups -OCH3 is 2. The lowest BCUT2D eigenvalue weighted by Gasteiger charge is -2.35. The molecule has 180 valence electrons. The van der Waals surface area contributed by atoms with Crippen LogP contribution in [0.1, 0.15) is 49.5 Å². The Balaban J connectivity index is 1.74. The second kappa shape index (κ2) is 9.33. The molecule has 1 N–H and O–H groups in total. The average molecular weight is 473 g/mol. The van der Waals surface area contributed by atoms with Gasteiger partial charge >= 0.3 is 0 Å². The number of hydrogen-bond acceptors (Lipinski definition) is 6. The Morgan fingerprint density at radius 1 is 1.06 bits per heavy atom. The van der Waals surface area contributed by atoms with Crippen LogP contribution >= 0.6 is 0 Å². The number of nitrogens with zero attached hydrogens (tertiary/aromatic N) is 1. The van der Waals surface area contributed by atoms with Gasteiger partial charge in [0.15, 0.2) is 17.3 Å². The van der Waals surface area contributed by atoms with E-state index < -0.39 is 6.04 Å². The van der Waals surface area contributed by atoms with Crippen molar-refractivity contribution in [1.82, 2.24) is 0 Å². The minimum Gasteiger partial charge on any atom is -0.493 e. The molecule has 1 aromatic heterocycles. The van der Waals surface area contributed by atoms with Gasteiger partial charge in [0.25, 0.3) is 0 Å². The molecule has 5 rings (SSSR count). The average Bonchev–Trinajstić information content (AvgIpc) is 3.38. The molecule has 1 aliphatic heterocycles. The number of ketones is 1. The molecule has 0 saturated carbocycles. The Morgan fingerprint density at radius 3 is 2.57 bits per heavy atom. The van der Waals surface area contributed by atoms with E-state index in [4.69, 9.17) is 13.9 Å². The molecule has 0 fully saturated rings. The zero-order valence-electron chi connectivity index (χ0n) is 20.0. The highest BCUT2D eigenvalue weighted by atomic mass is 16.5. The molecule has 3 aromatic rings. The number of ether oxygens (including phenoxy) is 2. The third-order valence-electron chi connectivity index (χ3n) is 6.73. The smallest absolute Gasteiger partial charge is 0.227 e. The molecule has 1 amide bonds. The van der Waals surface area contributed by atoms with Crippen molar-refractivity contribution in [3.05, 3.63) is 83.5 Å². The van der Waals surface area contributed by atoms with Crippen LogP contribution in [0.4, 0.5) is 11.4 Å². The number of benzene rings is 2. The molecule has 2 aliphatic rings. The van der Waals surface area contributed by atoms with E-state index in [-0.39, 0.29) is 17.6 Å². The van der Waals surface area contributed by atoms with Crippen molar-refractivity contribution in [2.75, 3.05) is 24.4 Å². The van der Waals surface area contributed by atoms with Crippen LogP contribution in [0.5, 0.6) is 11.5 Å². The highest BCUT2D eigenvalue weighted by Crippen LogP contribution is 2.48. The minimum atomic E-state index is -0.613. The molecule has 35 heavy (non-hydrogen) atoms. The van der Waals surface area contributed by atoms with Gasteiger partial charge in [0.2, 0.25) is 5.91 Å². The zero-order valence-corrected chi connectivity index (χ0v) is 20.0. The number of hydrogen-bond donors (Lipinski definition) is 1. The molecule has 2 aromatic carbocycles. The fourth-order valence-corrected chi connectivity index (χ4v) is 5.10. The lowest BCUT2D eigenvalue weighted by atomic mass is 9.80. The molecule has 2 atom stereocenters. The number of nitrogens with one attached hydrogen (secondary N) is 1. The first-order chi connectivity index (χ1) is 17.0. The maximum atomic E-state index is 13.8. The van der Waals surface area contributed by atoms with Crippen molar-refractivity contribution in [3.63, 3.8) is 0 Å². The predicted molar refractivity (Wildman–Crippen MR) is 133 cm³/mol. The fourth-order valence-electron chi connectivity index (χ4n) is 5.10. The molecule has 0 bridgehead atoms. The number of allylic oxidation sites excluding steroid dienone is 1. The number of para-hydroxylation sites is 2. The van der Waals surface area contributed by atoms with Crippen LogP contribution in [-0.4, -0.2) is 25.9 Å². The van der Waals surface area contributed by atoms with E-state index in [0.717, 1.165) is 28.4 Å². The van der Waals surface area contributed by atoms with E-state index in [2.05, 4.69) is 5.32 Å². The van der Waals surface area contributed by atoms with E-state index in [1.807, 2.05) is 61.5 Å². The number of carbonyl (C=O) groups excluding carboxylic acids is 2. The molecular weight excluding hydrogens is 444 g/mol. The van der Waals surface area contributed by atoms with Gasteiger partial charge in [-0.1, -0.05) is 25.1 Å². The molecule has 0 radical (unpaired) electrons. The number of amides is 1. The molecular formula is C28H28N2O5. The van der Waals surface area contributed by atoms with Crippen molar-refractivity contribution >= 4 is 23.1 Å². The topological polar surface area (TPSA) is 81.0 Å². The summed E-state index contributed by atoms with van der Waals surface area (Å²) in [5.41, 5.74) is 3.70. The van der Waals surface area contributed by atoms with E-state index >= 15 is 0 Å². The van der Waals surface area contributed by atoms with Crippen molar-refractivity contribution in [1.29, 1.82) is 0 Å². The van der Waals surface area contributed by atoms with Gasteiger partial charge in [-0.15, -0.1) is 0 Å². The number of carbonyl (C=O) groups is 2. The summed E-state index contributed by atoms with van der Waals surface area (Å²) in [7, 11) is 3.15. The van der Waals surface area contributed by atoms with Gasteiger partial charge in [0, 0.05) is 30.0 Å². The minimum absolute atomic E-state index is 0.0124. The quantitative estimate of drug-likeness (QED) is 0.520. The van der Waals surface area contributed by atoms with Gasteiger partial charge in [0.05, 0.1) is 37.9 Å². The van der Waals surface area contributed by atoms with Gasteiger partial charge in [-0.05, 0) is 48.4 Å². The SMILES string of the molecule is CCC(=O)N1c2ccccc2NC2=C(C(=O)C[C@@H](c3ccco3)C2)[C@@H]1c1ccc(OC)c(OC)c1. The highest BCUT2D eigenvalue weighted by Gasteiger charge is 2.42. The molecule has 7 heteroatoms. The summed E-state index contributed by atoms with van der Waals surface area (Å²) >= 11 is 0. The summed E-state index contributed by atoms with van der Waals surface area (Å²) in [5.74, 6) is 1.75. The fraction of sp³-hybridized carbons (Fsp3) is 0.286. The third-order valence-corrected chi connectivity index (χ3v) is 6.73. The Labute approximate surface area is 204 Å². The van der Waals surface area contributed by atoms with Crippen molar-refractivity contribution < 1.29 is 23.5 Å². The molecule has 0 spiro atoms. The van der Waals surface area contributed by atoms with Crippen LogP contribution in [0.3, 0.4) is 0 Å². The van der Waals surface area contributed by atoms with Crippen molar-refractivity contribution in [2.24, 2.45) is 0 Å². The van der Waals surface area contributed by atoms with Crippen LogP contribution < -0.4 is 19.7 Å². The Hall–Kier alpha value is -4.00. The van der Waals surface area contributed by atoms with Crippen LogP contribution in [0, 0.1) is 0 Å². The molecule has 0 unspecified atom stereocenters. The summed E-state index contributed by atoms with van der Waals surface area (Å²) in [5, 5.41) is 3.51. The van der Waals surface area contributed by atoms with Crippen LogP contribution in [0.15, 0.2) is 76.5 Å². The number of rotatable bonds is 5. The third kappa shape index (κ3) is 3.97. The Kier molecular flexibility index (Phi) is 6.07. The summed E-state index contributed by atoms with van der Waals surface area (Å²) in [6.45, 7) is 1.83. The second-order valence-corrected chi connectivity index (χ2v) is 8.71. The first-order valence-corrected chi connectivity index (χ1v) is 11.7. The number of furan rings is 1. The van der Waals surface area contributed by atoms with E-state index in [9.17, 15) is 9.59 Å². The molecule has 2 heterocycles.